The van der Waals surface area contributed by atoms with Gasteiger partial charge in [0.05, 0.1) is 19.1 Å². The van der Waals surface area contributed by atoms with Crippen LogP contribution in [0.1, 0.15) is 13.3 Å². The van der Waals surface area contributed by atoms with E-state index in [1.165, 1.54) is 0 Å². The lowest BCUT2D eigenvalue weighted by Gasteiger charge is -2.20. The van der Waals surface area contributed by atoms with E-state index in [1.807, 2.05) is 25.7 Å². The Hall–Kier alpha value is -0.863. The van der Waals surface area contributed by atoms with Crippen LogP contribution in [0.5, 0.6) is 0 Å². The lowest BCUT2D eigenvalue weighted by atomic mass is 10.3. The van der Waals surface area contributed by atoms with Crippen LogP contribution in [0.2, 0.25) is 19.6 Å². The van der Waals surface area contributed by atoms with Crippen molar-refractivity contribution >= 4 is 14.3 Å². The Balaban J connectivity index is 4.05. The predicted octanol–water partition coefficient (Wildman–Crippen LogP) is 1.68. The van der Waals surface area contributed by atoms with Gasteiger partial charge in [0.15, 0.2) is 8.32 Å². The second-order valence-corrected chi connectivity index (χ2v) is 8.32. The van der Waals surface area contributed by atoms with Crippen molar-refractivity contribution in [2.75, 3.05) is 6.61 Å². The van der Waals surface area contributed by atoms with E-state index in [0.29, 0.717) is 6.61 Å². The number of rotatable bonds is 5. The molecular formula is C9H17NO3Si. The van der Waals surface area contributed by atoms with Crippen molar-refractivity contribution in [1.29, 1.82) is 5.26 Å². The van der Waals surface area contributed by atoms with Crippen molar-refractivity contribution in [3.05, 3.63) is 0 Å². The zero-order valence-corrected chi connectivity index (χ0v) is 10.2. The van der Waals surface area contributed by atoms with E-state index in [0.717, 1.165) is 0 Å². The number of carbonyl (C=O) groups is 1. The summed E-state index contributed by atoms with van der Waals surface area (Å²) in [6.45, 7) is 8.00. The lowest BCUT2D eigenvalue weighted by Crippen LogP contribution is -2.32. The number of esters is 1. The minimum Gasteiger partial charge on any atom is -0.466 e. The Labute approximate surface area is 85.9 Å². The van der Waals surface area contributed by atoms with Crippen LogP contribution in [-0.2, 0) is 14.0 Å². The van der Waals surface area contributed by atoms with Gasteiger partial charge in [0.1, 0.15) is 6.10 Å². The summed E-state index contributed by atoms with van der Waals surface area (Å²) >= 11 is 0. The highest BCUT2D eigenvalue weighted by Crippen LogP contribution is 2.10. The Bertz CT molecular complexity index is 229. The van der Waals surface area contributed by atoms with Crippen LogP contribution in [-0.4, -0.2) is 27.0 Å². The van der Waals surface area contributed by atoms with E-state index in [1.54, 1.807) is 6.92 Å². The van der Waals surface area contributed by atoms with E-state index < -0.39 is 14.4 Å². The molecule has 14 heavy (non-hydrogen) atoms. The Morgan fingerprint density at radius 3 is 2.43 bits per heavy atom. The number of hydrogen-bond donors (Lipinski definition) is 0. The first kappa shape index (κ1) is 13.1. The van der Waals surface area contributed by atoms with Gasteiger partial charge in [-0.05, 0) is 26.6 Å². The van der Waals surface area contributed by atoms with Gasteiger partial charge >= 0.3 is 5.97 Å². The van der Waals surface area contributed by atoms with Crippen LogP contribution in [0.3, 0.4) is 0 Å². The van der Waals surface area contributed by atoms with Crippen LogP contribution in [0.15, 0.2) is 0 Å². The number of nitrogens with zero attached hydrogens (tertiary/aromatic N) is 1. The standard InChI is InChI=1S/C9H17NO3Si/c1-5-12-9(11)6-8(7-10)13-14(2,3)4/h8H,5-6H2,1-4H3. The van der Waals surface area contributed by atoms with Gasteiger partial charge in [-0.2, -0.15) is 5.26 Å². The normalized spacial score (nSPS) is 13.1. The smallest absolute Gasteiger partial charge is 0.309 e. The molecular weight excluding hydrogens is 198 g/mol. The monoisotopic (exact) mass is 215 g/mol. The molecule has 0 fully saturated rings. The molecule has 0 saturated carbocycles. The summed E-state index contributed by atoms with van der Waals surface area (Å²) in [6, 6.07) is 1.96. The quantitative estimate of drug-likeness (QED) is 0.517. The molecule has 0 aromatic rings. The Morgan fingerprint density at radius 2 is 2.07 bits per heavy atom. The van der Waals surface area contributed by atoms with Gasteiger partial charge in [0.2, 0.25) is 0 Å². The molecule has 0 aliphatic rings. The maximum absolute atomic E-state index is 11.1. The topological polar surface area (TPSA) is 59.3 Å². The molecule has 1 unspecified atom stereocenters. The Morgan fingerprint density at radius 1 is 1.50 bits per heavy atom. The maximum atomic E-state index is 11.1. The molecule has 5 heteroatoms. The van der Waals surface area contributed by atoms with Crippen LogP contribution >= 0.6 is 0 Å². The number of hydrogen-bond acceptors (Lipinski definition) is 4. The molecule has 0 aromatic carbocycles. The largest absolute Gasteiger partial charge is 0.466 e. The van der Waals surface area contributed by atoms with Crippen molar-refractivity contribution in [3.63, 3.8) is 0 Å². The summed E-state index contributed by atoms with van der Waals surface area (Å²) in [5.41, 5.74) is 0. The summed E-state index contributed by atoms with van der Waals surface area (Å²) in [6.07, 6.45) is -0.644. The van der Waals surface area contributed by atoms with Gasteiger partial charge in [-0.3, -0.25) is 4.79 Å². The molecule has 0 saturated heterocycles. The minimum absolute atomic E-state index is 0.0224. The summed E-state index contributed by atoms with van der Waals surface area (Å²) < 4.78 is 10.2. The summed E-state index contributed by atoms with van der Waals surface area (Å²) in [4.78, 5) is 11.1. The predicted molar refractivity (Wildman–Crippen MR) is 55.1 cm³/mol. The van der Waals surface area contributed by atoms with Crippen molar-refractivity contribution < 1.29 is 14.0 Å². The highest BCUT2D eigenvalue weighted by atomic mass is 28.4. The summed E-state index contributed by atoms with van der Waals surface area (Å²) in [5, 5.41) is 8.75. The second-order valence-electron chi connectivity index (χ2n) is 3.86. The molecule has 0 rings (SSSR count). The van der Waals surface area contributed by atoms with E-state index in [2.05, 4.69) is 0 Å². The van der Waals surface area contributed by atoms with E-state index in [-0.39, 0.29) is 12.4 Å². The van der Waals surface area contributed by atoms with Gasteiger partial charge < -0.3 is 9.16 Å². The molecule has 0 radical (unpaired) electrons. The molecule has 1 atom stereocenters. The van der Waals surface area contributed by atoms with Gasteiger partial charge in [0, 0.05) is 0 Å². The fourth-order valence-electron chi connectivity index (χ4n) is 0.912. The molecule has 0 bridgehead atoms. The Kier molecular flexibility index (Phi) is 5.42. The third-order valence-electron chi connectivity index (χ3n) is 1.30. The fourth-order valence-corrected chi connectivity index (χ4v) is 1.90. The van der Waals surface area contributed by atoms with Crippen LogP contribution in [0.4, 0.5) is 0 Å². The highest BCUT2D eigenvalue weighted by molar-refractivity contribution is 6.69. The fraction of sp³-hybridized carbons (Fsp3) is 0.778. The van der Waals surface area contributed by atoms with Crippen molar-refractivity contribution in [1.82, 2.24) is 0 Å². The molecule has 0 N–H and O–H groups in total. The molecule has 0 aromatic heterocycles. The van der Waals surface area contributed by atoms with Crippen molar-refractivity contribution in [2.24, 2.45) is 0 Å². The first-order chi connectivity index (χ1) is 6.39. The maximum Gasteiger partial charge on any atom is 0.309 e. The van der Waals surface area contributed by atoms with Gasteiger partial charge in [0.25, 0.3) is 0 Å². The molecule has 0 spiro atoms. The molecule has 0 aliphatic heterocycles. The molecule has 0 heterocycles. The molecule has 0 amide bonds. The number of nitriles is 1. The average molecular weight is 215 g/mol. The third kappa shape index (κ3) is 6.63. The zero-order valence-electron chi connectivity index (χ0n) is 9.16. The molecule has 0 aliphatic carbocycles. The highest BCUT2D eigenvalue weighted by Gasteiger charge is 2.23. The van der Waals surface area contributed by atoms with E-state index in [4.69, 9.17) is 14.4 Å². The van der Waals surface area contributed by atoms with Gasteiger partial charge in [-0.15, -0.1) is 0 Å². The number of ether oxygens (including phenoxy) is 1. The lowest BCUT2D eigenvalue weighted by molar-refractivity contribution is -0.144. The SMILES string of the molecule is CCOC(=O)CC(C#N)O[Si](C)(C)C. The van der Waals surface area contributed by atoms with E-state index in [9.17, 15) is 4.79 Å². The zero-order chi connectivity index (χ0) is 11.2. The molecule has 4 nitrogen and oxygen atoms in total. The van der Waals surface area contributed by atoms with Gasteiger partial charge in [-0.1, -0.05) is 0 Å². The summed E-state index contributed by atoms with van der Waals surface area (Å²) in [5.74, 6) is -0.377. The number of carbonyl (C=O) groups excluding carboxylic acids is 1. The summed E-state index contributed by atoms with van der Waals surface area (Å²) in [7, 11) is -1.76. The third-order valence-corrected chi connectivity index (χ3v) is 2.29. The molecule has 80 valence electrons. The first-order valence-corrected chi connectivity index (χ1v) is 8.03. The van der Waals surface area contributed by atoms with Crippen LogP contribution in [0, 0.1) is 11.3 Å². The average Bonchev–Trinajstić information content (AvgIpc) is 2.01. The second kappa shape index (κ2) is 5.78. The van der Waals surface area contributed by atoms with Gasteiger partial charge in [-0.25, -0.2) is 0 Å². The van der Waals surface area contributed by atoms with Crippen molar-refractivity contribution in [2.45, 2.75) is 39.1 Å². The van der Waals surface area contributed by atoms with Crippen LogP contribution < -0.4 is 0 Å². The van der Waals surface area contributed by atoms with E-state index >= 15 is 0 Å². The van der Waals surface area contributed by atoms with Crippen LogP contribution in [0.25, 0.3) is 0 Å². The van der Waals surface area contributed by atoms with Crippen molar-refractivity contribution in [3.8, 4) is 6.07 Å². The minimum atomic E-state index is -1.76. The first-order valence-electron chi connectivity index (χ1n) is 4.62.